The lowest BCUT2D eigenvalue weighted by atomic mass is 10.1. The van der Waals surface area contributed by atoms with Crippen LogP contribution in [-0.4, -0.2) is 47.7 Å². The Morgan fingerprint density at radius 3 is 2.32 bits per heavy atom. The number of rotatable bonds is 9. The number of hydrogen-bond donors (Lipinski definition) is 2. The zero-order valence-electron chi connectivity index (χ0n) is 17.1. The van der Waals surface area contributed by atoms with Crippen LogP contribution in [-0.2, 0) is 25.7 Å². The van der Waals surface area contributed by atoms with Crippen molar-refractivity contribution in [2.75, 3.05) is 12.0 Å². The predicted molar refractivity (Wildman–Crippen MR) is 110 cm³/mol. The standard InChI is InChI=1S/C20H30N2O5S/c1-14(18(24)27-20(2,3)4)21-17(23)16(11-12-28-5)22-19(25)26-13-15-9-7-6-8-10-15/h6-10,14,16H,11-13H2,1-5H3,(H,21,23)(H,22,25)/t14-,16-/m1/s1. The molecule has 0 aromatic heterocycles. The van der Waals surface area contributed by atoms with Gasteiger partial charge in [-0.1, -0.05) is 30.3 Å². The van der Waals surface area contributed by atoms with Gasteiger partial charge in [-0.25, -0.2) is 9.59 Å². The minimum Gasteiger partial charge on any atom is -0.458 e. The maximum absolute atomic E-state index is 12.5. The average molecular weight is 411 g/mol. The van der Waals surface area contributed by atoms with E-state index in [9.17, 15) is 14.4 Å². The zero-order chi connectivity index (χ0) is 21.2. The van der Waals surface area contributed by atoms with Crippen molar-refractivity contribution in [3.8, 4) is 0 Å². The summed E-state index contributed by atoms with van der Waals surface area (Å²) in [5.41, 5.74) is 0.203. The van der Waals surface area contributed by atoms with Crippen molar-refractivity contribution >= 4 is 29.7 Å². The normalized spacial score (nSPS) is 13.2. The van der Waals surface area contributed by atoms with Crippen LogP contribution in [0.25, 0.3) is 0 Å². The van der Waals surface area contributed by atoms with Gasteiger partial charge in [0.05, 0.1) is 0 Å². The second-order valence-electron chi connectivity index (χ2n) is 7.30. The van der Waals surface area contributed by atoms with Crippen molar-refractivity contribution in [3.63, 3.8) is 0 Å². The van der Waals surface area contributed by atoms with E-state index in [1.807, 2.05) is 36.6 Å². The molecule has 28 heavy (non-hydrogen) atoms. The zero-order valence-corrected chi connectivity index (χ0v) is 17.9. The molecule has 0 spiro atoms. The third kappa shape index (κ3) is 9.64. The van der Waals surface area contributed by atoms with Crippen LogP contribution >= 0.6 is 11.8 Å². The molecule has 156 valence electrons. The van der Waals surface area contributed by atoms with Crippen LogP contribution in [0.4, 0.5) is 4.79 Å². The van der Waals surface area contributed by atoms with E-state index in [0.29, 0.717) is 12.2 Å². The van der Waals surface area contributed by atoms with Crippen LogP contribution < -0.4 is 10.6 Å². The fourth-order valence-corrected chi connectivity index (χ4v) is 2.65. The molecule has 2 N–H and O–H groups in total. The number of carbonyl (C=O) groups is 3. The van der Waals surface area contributed by atoms with Crippen LogP contribution in [0.1, 0.15) is 39.7 Å². The molecule has 8 heteroatoms. The number of amides is 2. The monoisotopic (exact) mass is 410 g/mol. The smallest absolute Gasteiger partial charge is 0.408 e. The minimum atomic E-state index is -0.828. The third-order valence-electron chi connectivity index (χ3n) is 3.55. The summed E-state index contributed by atoms with van der Waals surface area (Å²) in [5, 5.41) is 5.17. The Kier molecular flexibility index (Phi) is 9.85. The highest BCUT2D eigenvalue weighted by atomic mass is 32.2. The summed E-state index contributed by atoms with van der Waals surface area (Å²) in [5.74, 6) is -0.321. The molecule has 0 aliphatic rings. The molecule has 0 aliphatic heterocycles. The number of esters is 1. The number of thioether (sulfide) groups is 1. The van der Waals surface area contributed by atoms with Crippen molar-refractivity contribution in [1.82, 2.24) is 10.6 Å². The fourth-order valence-electron chi connectivity index (χ4n) is 2.17. The first-order chi connectivity index (χ1) is 13.1. The van der Waals surface area contributed by atoms with E-state index in [0.717, 1.165) is 5.56 Å². The Labute approximate surface area is 170 Å². The van der Waals surface area contributed by atoms with Gasteiger partial charge in [0.25, 0.3) is 0 Å². The third-order valence-corrected chi connectivity index (χ3v) is 4.20. The van der Waals surface area contributed by atoms with Crippen molar-refractivity contribution in [3.05, 3.63) is 35.9 Å². The lowest BCUT2D eigenvalue weighted by Crippen LogP contribution is -2.51. The van der Waals surface area contributed by atoms with Gasteiger partial charge in [-0.15, -0.1) is 0 Å². The molecule has 0 heterocycles. The molecule has 1 aromatic rings. The second-order valence-corrected chi connectivity index (χ2v) is 8.29. The maximum Gasteiger partial charge on any atom is 0.408 e. The summed E-state index contributed by atoms with van der Waals surface area (Å²) in [6.07, 6.45) is 1.63. The molecular weight excluding hydrogens is 380 g/mol. The van der Waals surface area contributed by atoms with Gasteiger partial charge in [-0.3, -0.25) is 4.79 Å². The lowest BCUT2D eigenvalue weighted by Gasteiger charge is -2.24. The van der Waals surface area contributed by atoms with Crippen molar-refractivity contribution in [2.24, 2.45) is 0 Å². The van der Waals surface area contributed by atoms with Crippen molar-refractivity contribution in [1.29, 1.82) is 0 Å². The Balaban J connectivity index is 2.60. The molecule has 0 bridgehead atoms. The first-order valence-electron chi connectivity index (χ1n) is 9.11. The molecule has 7 nitrogen and oxygen atoms in total. The summed E-state index contributed by atoms with van der Waals surface area (Å²) in [6, 6.07) is 7.62. The van der Waals surface area contributed by atoms with Gasteiger partial charge in [-0.2, -0.15) is 11.8 Å². The molecule has 0 saturated carbocycles. The van der Waals surface area contributed by atoms with Gasteiger partial charge >= 0.3 is 12.1 Å². The Hall–Kier alpha value is -2.22. The molecule has 0 unspecified atom stereocenters. The maximum atomic E-state index is 12.5. The van der Waals surface area contributed by atoms with E-state index < -0.39 is 35.7 Å². The molecule has 0 aliphatic carbocycles. The molecule has 0 radical (unpaired) electrons. The molecular formula is C20H30N2O5S. The van der Waals surface area contributed by atoms with Gasteiger partial charge in [0.1, 0.15) is 24.3 Å². The van der Waals surface area contributed by atoms with Gasteiger partial charge in [0.15, 0.2) is 0 Å². The van der Waals surface area contributed by atoms with Crippen LogP contribution in [0.15, 0.2) is 30.3 Å². The highest BCUT2D eigenvalue weighted by Crippen LogP contribution is 2.09. The molecule has 1 rings (SSSR count). The number of carbonyl (C=O) groups excluding carboxylic acids is 3. The predicted octanol–water partition coefficient (Wildman–Crippen LogP) is 2.88. The number of ether oxygens (including phenoxy) is 2. The fraction of sp³-hybridized carbons (Fsp3) is 0.550. The van der Waals surface area contributed by atoms with Gasteiger partial charge < -0.3 is 20.1 Å². The highest BCUT2D eigenvalue weighted by Gasteiger charge is 2.27. The lowest BCUT2D eigenvalue weighted by molar-refractivity contribution is -0.158. The number of alkyl carbamates (subject to hydrolysis) is 1. The Bertz CT molecular complexity index is 646. The first-order valence-corrected chi connectivity index (χ1v) is 10.5. The van der Waals surface area contributed by atoms with Crippen LogP contribution in [0.3, 0.4) is 0 Å². The molecule has 2 amide bonds. The number of hydrogen-bond acceptors (Lipinski definition) is 6. The Morgan fingerprint density at radius 1 is 1.11 bits per heavy atom. The Morgan fingerprint density at radius 2 is 1.75 bits per heavy atom. The average Bonchev–Trinajstić information content (AvgIpc) is 2.62. The van der Waals surface area contributed by atoms with E-state index in [1.165, 1.54) is 0 Å². The highest BCUT2D eigenvalue weighted by molar-refractivity contribution is 7.98. The second kappa shape index (κ2) is 11.6. The van der Waals surface area contributed by atoms with Crippen molar-refractivity contribution < 1.29 is 23.9 Å². The van der Waals surface area contributed by atoms with Crippen molar-refractivity contribution in [2.45, 2.75) is 58.4 Å². The molecule has 0 fully saturated rings. The van der Waals surface area contributed by atoms with Crippen LogP contribution in [0, 0.1) is 0 Å². The molecule has 0 saturated heterocycles. The van der Waals surface area contributed by atoms with Crippen LogP contribution in [0.2, 0.25) is 0 Å². The van der Waals surface area contributed by atoms with E-state index in [-0.39, 0.29) is 6.61 Å². The van der Waals surface area contributed by atoms with E-state index in [1.54, 1.807) is 39.5 Å². The van der Waals surface area contributed by atoms with Gasteiger partial charge in [0.2, 0.25) is 5.91 Å². The number of nitrogens with one attached hydrogen (secondary N) is 2. The van der Waals surface area contributed by atoms with Crippen LogP contribution in [0.5, 0.6) is 0 Å². The summed E-state index contributed by atoms with van der Waals surface area (Å²) in [6.45, 7) is 6.92. The summed E-state index contributed by atoms with van der Waals surface area (Å²) in [7, 11) is 0. The number of benzene rings is 1. The summed E-state index contributed by atoms with van der Waals surface area (Å²) in [4.78, 5) is 36.7. The summed E-state index contributed by atoms with van der Waals surface area (Å²) >= 11 is 1.55. The van der Waals surface area contributed by atoms with Gasteiger partial charge in [-0.05, 0) is 51.7 Å². The first kappa shape index (κ1) is 23.8. The van der Waals surface area contributed by atoms with E-state index in [4.69, 9.17) is 9.47 Å². The minimum absolute atomic E-state index is 0.109. The molecule has 1 aromatic carbocycles. The molecule has 2 atom stereocenters. The van der Waals surface area contributed by atoms with E-state index >= 15 is 0 Å². The topological polar surface area (TPSA) is 93.7 Å². The largest absolute Gasteiger partial charge is 0.458 e. The van der Waals surface area contributed by atoms with Gasteiger partial charge in [0, 0.05) is 0 Å². The summed E-state index contributed by atoms with van der Waals surface area (Å²) < 4.78 is 10.4. The quantitative estimate of drug-likeness (QED) is 0.608. The van der Waals surface area contributed by atoms with E-state index in [2.05, 4.69) is 10.6 Å². The SMILES string of the molecule is CSCC[C@@H](NC(=O)OCc1ccccc1)C(=O)N[C@H](C)C(=O)OC(C)(C)C.